The van der Waals surface area contributed by atoms with E-state index >= 15 is 0 Å². The molecule has 0 amide bonds. The fraction of sp³-hybridized carbons (Fsp3) is 0.368. The minimum Gasteiger partial charge on any atom is -0.484 e. The largest absolute Gasteiger partial charge is 0.484 e. The van der Waals surface area contributed by atoms with Crippen molar-refractivity contribution in [3.8, 4) is 5.75 Å². The van der Waals surface area contributed by atoms with E-state index in [-0.39, 0.29) is 12.1 Å². The van der Waals surface area contributed by atoms with Gasteiger partial charge in [0.1, 0.15) is 11.9 Å². The second-order valence-corrected chi connectivity index (χ2v) is 5.65. The average Bonchev–Trinajstić information content (AvgIpc) is 2.47. The van der Waals surface area contributed by atoms with Gasteiger partial charge in [0.25, 0.3) is 0 Å². The number of hydrogen-bond acceptors (Lipinski definition) is 2. The third-order valence-corrected chi connectivity index (χ3v) is 3.70. The average molecular weight is 283 g/mol. The second kappa shape index (κ2) is 7.28. The van der Waals surface area contributed by atoms with Crippen LogP contribution < -0.4 is 10.5 Å². The lowest BCUT2D eigenvalue weighted by Crippen LogP contribution is -2.29. The number of ether oxygens (including phenoxy) is 1. The summed E-state index contributed by atoms with van der Waals surface area (Å²) in [6.07, 6.45) is 2.14. The summed E-state index contributed by atoms with van der Waals surface area (Å²) in [4.78, 5) is 0. The fourth-order valence-corrected chi connectivity index (χ4v) is 2.53. The molecule has 0 aliphatic rings. The van der Waals surface area contributed by atoms with Crippen LogP contribution in [0.3, 0.4) is 0 Å². The molecule has 0 saturated heterocycles. The minimum atomic E-state index is -0.122. The lowest BCUT2D eigenvalue weighted by molar-refractivity contribution is 0.179. The van der Waals surface area contributed by atoms with Crippen molar-refractivity contribution in [2.75, 3.05) is 0 Å². The maximum Gasteiger partial charge on any atom is 0.139 e. The third-order valence-electron chi connectivity index (χ3n) is 3.70. The number of hydrogen-bond donors (Lipinski definition) is 1. The van der Waals surface area contributed by atoms with Gasteiger partial charge in [-0.1, -0.05) is 49.7 Å². The van der Waals surface area contributed by atoms with Crippen LogP contribution in [0.25, 0.3) is 0 Å². The van der Waals surface area contributed by atoms with Gasteiger partial charge in [0, 0.05) is 6.04 Å². The van der Waals surface area contributed by atoms with Crippen molar-refractivity contribution >= 4 is 0 Å². The predicted molar refractivity (Wildman–Crippen MR) is 88.6 cm³/mol. The third kappa shape index (κ3) is 4.08. The van der Waals surface area contributed by atoms with Gasteiger partial charge in [-0.25, -0.2) is 0 Å². The molecule has 0 spiro atoms. The number of benzene rings is 2. The Morgan fingerprint density at radius 1 is 1.05 bits per heavy atom. The maximum absolute atomic E-state index is 6.15. The van der Waals surface area contributed by atoms with Gasteiger partial charge in [-0.05, 0) is 49.1 Å². The van der Waals surface area contributed by atoms with Crippen molar-refractivity contribution in [2.45, 2.75) is 45.8 Å². The standard InChI is InChI=1S/C19H25NO/c1-4-7-16-10-12-17(13-11-16)21-19(15(3)20)18-9-6-5-8-14(18)2/h5-6,8-13,15,19H,4,7,20H2,1-3H3. The Morgan fingerprint density at radius 2 is 1.71 bits per heavy atom. The molecular weight excluding hydrogens is 258 g/mol. The van der Waals surface area contributed by atoms with Gasteiger partial charge in [-0.3, -0.25) is 0 Å². The molecule has 0 aromatic heterocycles. The molecule has 0 radical (unpaired) electrons. The van der Waals surface area contributed by atoms with Crippen molar-refractivity contribution in [2.24, 2.45) is 5.73 Å². The van der Waals surface area contributed by atoms with Crippen molar-refractivity contribution in [1.82, 2.24) is 0 Å². The molecule has 0 aliphatic heterocycles. The van der Waals surface area contributed by atoms with E-state index in [4.69, 9.17) is 10.5 Å². The normalized spacial score (nSPS) is 13.7. The summed E-state index contributed by atoms with van der Waals surface area (Å²) in [6, 6.07) is 16.5. The lowest BCUT2D eigenvalue weighted by Gasteiger charge is -2.24. The van der Waals surface area contributed by atoms with E-state index in [0.717, 1.165) is 24.2 Å². The topological polar surface area (TPSA) is 35.2 Å². The Labute approximate surface area is 127 Å². The van der Waals surface area contributed by atoms with Gasteiger partial charge in [0.2, 0.25) is 0 Å². The van der Waals surface area contributed by atoms with Gasteiger partial charge in [-0.15, -0.1) is 0 Å². The molecule has 2 atom stereocenters. The van der Waals surface area contributed by atoms with Crippen LogP contribution in [-0.4, -0.2) is 6.04 Å². The second-order valence-electron chi connectivity index (χ2n) is 5.65. The molecule has 2 rings (SSSR count). The quantitative estimate of drug-likeness (QED) is 0.852. The molecule has 0 fully saturated rings. The lowest BCUT2D eigenvalue weighted by atomic mass is 9.99. The van der Waals surface area contributed by atoms with Crippen LogP contribution in [0.5, 0.6) is 5.75 Å². The molecule has 21 heavy (non-hydrogen) atoms. The zero-order valence-electron chi connectivity index (χ0n) is 13.2. The summed E-state index contributed by atoms with van der Waals surface area (Å²) >= 11 is 0. The molecule has 0 bridgehead atoms. The highest BCUT2D eigenvalue weighted by molar-refractivity contribution is 5.32. The number of aryl methyl sites for hydroxylation is 2. The molecule has 0 heterocycles. The predicted octanol–water partition coefficient (Wildman–Crippen LogP) is 4.41. The molecule has 2 heteroatoms. The first-order valence-electron chi connectivity index (χ1n) is 7.68. The molecule has 0 saturated carbocycles. The SMILES string of the molecule is CCCc1ccc(OC(c2ccccc2C)C(C)N)cc1. The summed E-state index contributed by atoms with van der Waals surface area (Å²) < 4.78 is 6.15. The Morgan fingerprint density at radius 3 is 2.29 bits per heavy atom. The molecule has 2 aromatic carbocycles. The van der Waals surface area contributed by atoms with Crippen LogP contribution in [0.2, 0.25) is 0 Å². The van der Waals surface area contributed by atoms with Crippen LogP contribution in [0.1, 0.15) is 43.1 Å². The highest BCUT2D eigenvalue weighted by Crippen LogP contribution is 2.26. The van der Waals surface area contributed by atoms with Crippen molar-refractivity contribution in [3.63, 3.8) is 0 Å². The maximum atomic E-state index is 6.15. The Hall–Kier alpha value is -1.80. The van der Waals surface area contributed by atoms with E-state index in [1.54, 1.807) is 0 Å². The smallest absolute Gasteiger partial charge is 0.139 e. The molecule has 0 aliphatic carbocycles. The first-order valence-corrected chi connectivity index (χ1v) is 7.68. The number of rotatable bonds is 6. The van der Waals surface area contributed by atoms with Crippen LogP contribution >= 0.6 is 0 Å². The van der Waals surface area contributed by atoms with E-state index in [1.807, 2.05) is 31.2 Å². The van der Waals surface area contributed by atoms with Crippen LogP contribution in [-0.2, 0) is 6.42 Å². The monoisotopic (exact) mass is 283 g/mol. The molecule has 2 N–H and O–H groups in total. The summed E-state index contributed by atoms with van der Waals surface area (Å²) in [5, 5.41) is 0. The summed E-state index contributed by atoms with van der Waals surface area (Å²) in [5.41, 5.74) is 9.85. The molecular formula is C19H25NO. The zero-order valence-corrected chi connectivity index (χ0v) is 13.2. The highest BCUT2D eigenvalue weighted by Gasteiger charge is 2.19. The molecule has 2 nitrogen and oxygen atoms in total. The van der Waals surface area contributed by atoms with Crippen LogP contribution in [0.4, 0.5) is 0 Å². The van der Waals surface area contributed by atoms with Gasteiger partial charge < -0.3 is 10.5 Å². The molecule has 2 unspecified atom stereocenters. The van der Waals surface area contributed by atoms with Gasteiger partial charge in [0.05, 0.1) is 0 Å². The summed E-state index contributed by atoms with van der Waals surface area (Å²) in [5.74, 6) is 0.875. The summed E-state index contributed by atoms with van der Waals surface area (Å²) in [6.45, 7) is 6.27. The van der Waals surface area contributed by atoms with E-state index in [2.05, 4.69) is 38.1 Å². The molecule has 112 valence electrons. The first-order chi connectivity index (χ1) is 10.1. The number of nitrogens with two attached hydrogens (primary N) is 1. The van der Waals surface area contributed by atoms with E-state index in [9.17, 15) is 0 Å². The highest BCUT2D eigenvalue weighted by atomic mass is 16.5. The fourth-order valence-electron chi connectivity index (χ4n) is 2.53. The van der Waals surface area contributed by atoms with Gasteiger partial charge in [0.15, 0.2) is 0 Å². The van der Waals surface area contributed by atoms with Crippen LogP contribution in [0.15, 0.2) is 48.5 Å². The van der Waals surface area contributed by atoms with Crippen molar-refractivity contribution < 1.29 is 4.74 Å². The first kappa shape index (κ1) is 15.6. The summed E-state index contributed by atoms with van der Waals surface area (Å²) in [7, 11) is 0. The van der Waals surface area contributed by atoms with Gasteiger partial charge in [-0.2, -0.15) is 0 Å². The van der Waals surface area contributed by atoms with Crippen molar-refractivity contribution in [3.05, 3.63) is 65.2 Å². The Kier molecular flexibility index (Phi) is 5.40. The zero-order chi connectivity index (χ0) is 15.2. The Balaban J connectivity index is 2.19. The van der Waals surface area contributed by atoms with E-state index in [1.165, 1.54) is 11.1 Å². The van der Waals surface area contributed by atoms with E-state index < -0.39 is 0 Å². The van der Waals surface area contributed by atoms with Crippen molar-refractivity contribution in [1.29, 1.82) is 0 Å². The minimum absolute atomic E-state index is 0.0681. The Bertz CT molecular complexity index is 560. The van der Waals surface area contributed by atoms with Crippen LogP contribution in [0, 0.1) is 6.92 Å². The molecule has 2 aromatic rings. The van der Waals surface area contributed by atoms with E-state index in [0.29, 0.717) is 0 Å². The van der Waals surface area contributed by atoms with Gasteiger partial charge >= 0.3 is 0 Å².